The standard InChI is InChI=1S/C9H9N3/c10-9(11)7-3-4-8-2-1-5-12(8)6-7/h1-6H,(H3,10,11). The molecule has 0 saturated carbocycles. The van der Waals surface area contributed by atoms with Gasteiger partial charge in [0.15, 0.2) is 0 Å². The minimum atomic E-state index is 0.102. The van der Waals surface area contributed by atoms with E-state index >= 15 is 0 Å². The first-order valence-electron chi connectivity index (χ1n) is 3.68. The summed E-state index contributed by atoms with van der Waals surface area (Å²) < 4.78 is 1.94. The third-order valence-electron chi connectivity index (χ3n) is 1.83. The van der Waals surface area contributed by atoms with Crippen LogP contribution in [0.1, 0.15) is 5.56 Å². The summed E-state index contributed by atoms with van der Waals surface area (Å²) in [5, 5.41) is 7.23. The lowest BCUT2D eigenvalue weighted by Gasteiger charge is -1.99. The van der Waals surface area contributed by atoms with E-state index in [9.17, 15) is 0 Å². The predicted molar refractivity (Wildman–Crippen MR) is 48.4 cm³/mol. The van der Waals surface area contributed by atoms with E-state index in [4.69, 9.17) is 11.1 Å². The maximum atomic E-state index is 7.23. The van der Waals surface area contributed by atoms with E-state index < -0.39 is 0 Å². The maximum Gasteiger partial charge on any atom is 0.124 e. The van der Waals surface area contributed by atoms with Crippen LogP contribution in [0.2, 0.25) is 0 Å². The van der Waals surface area contributed by atoms with Gasteiger partial charge in [-0.05, 0) is 24.3 Å². The van der Waals surface area contributed by atoms with Gasteiger partial charge in [0.2, 0.25) is 0 Å². The van der Waals surface area contributed by atoms with Gasteiger partial charge in [-0.2, -0.15) is 0 Å². The maximum absolute atomic E-state index is 7.23. The minimum Gasteiger partial charge on any atom is -0.384 e. The molecule has 0 aliphatic heterocycles. The van der Waals surface area contributed by atoms with Gasteiger partial charge in [0.1, 0.15) is 5.84 Å². The first-order chi connectivity index (χ1) is 5.77. The van der Waals surface area contributed by atoms with Crippen molar-refractivity contribution in [3.8, 4) is 0 Å². The number of nitrogens with zero attached hydrogens (tertiary/aromatic N) is 1. The Bertz CT molecular complexity index is 428. The van der Waals surface area contributed by atoms with Gasteiger partial charge in [-0.25, -0.2) is 0 Å². The third kappa shape index (κ3) is 0.955. The number of nitrogen functional groups attached to an aromatic ring is 1. The number of nitrogens with two attached hydrogens (primary N) is 1. The zero-order valence-electron chi connectivity index (χ0n) is 6.49. The Hall–Kier alpha value is -1.77. The van der Waals surface area contributed by atoms with E-state index in [-0.39, 0.29) is 5.84 Å². The van der Waals surface area contributed by atoms with Gasteiger partial charge in [0.25, 0.3) is 0 Å². The predicted octanol–water partition coefficient (Wildman–Crippen LogP) is 1.22. The number of aromatic nitrogens is 1. The van der Waals surface area contributed by atoms with E-state index in [0.29, 0.717) is 0 Å². The molecule has 0 saturated heterocycles. The van der Waals surface area contributed by atoms with E-state index in [1.165, 1.54) is 0 Å². The lowest BCUT2D eigenvalue weighted by Crippen LogP contribution is -2.11. The molecule has 0 aliphatic carbocycles. The summed E-state index contributed by atoms with van der Waals surface area (Å²) in [6.07, 6.45) is 3.78. The van der Waals surface area contributed by atoms with Crippen molar-refractivity contribution in [2.45, 2.75) is 0 Å². The second-order valence-electron chi connectivity index (χ2n) is 2.67. The Kier molecular flexibility index (Phi) is 1.37. The fourth-order valence-electron chi connectivity index (χ4n) is 1.19. The van der Waals surface area contributed by atoms with Crippen molar-refractivity contribution in [2.75, 3.05) is 0 Å². The van der Waals surface area contributed by atoms with Crippen LogP contribution in [0.4, 0.5) is 0 Å². The van der Waals surface area contributed by atoms with Gasteiger partial charge >= 0.3 is 0 Å². The number of hydrogen-bond acceptors (Lipinski definition) is 1. The van der Waals surface area contributed by atoms with Crippen molar-refractivity contribution in [3.05, 3.63) is 42.2 Å². The quantitative estimate of drug-likeness (QED) is 0.477. The second-order valence-corrected chi connectivity index (χ2v) is 2.67. The highest BCUT2D eigenvalue weighted by molar-refractivity contribution is 5.94. The normalized spacial score (nSPS) is 10.3. The Balaban J connectivity index is 2.68. The molecule has 2 rings (SSSR count). The van der Waals surface area contributed by atoms with Gasteiger partial charge in [-0.3, -0.25) is 5.41 Å². The molecule has 2 aromatic rings. The number of amidine groups is 1. The summed E-state index contributed by atoms with van der Waals surface area (Å²) in [4.78, 5) is 0. The Morgan fingerprint density at radius 3 is 2.92 bits per heavy atom. The van der Waals surface area contributed by atoms with Gasteiger partial charge in [0.05, 0.1) is 0 Å². The van der Waals surface area contributed by atoms with Crippen molar-refractivity contribution in [1.82, 2.24) is 4.40 Å². The smallest absolute Gasteiger partial charge is 0.124 e. The number of hydrogen-bond donors (Lipinski definition) is 2. The second kappa shape index (κ2) is 2.37. The fraction of sp³-hybridized carbons (Fsp3) is 0. The van der Waals surface area contributed by atoms with Crippen LogP contribution in [-0.2, 0) is 0 Å². The molecule has 3 nitrogen and oxygen atoms in total. The van der Waals surface area contributed by atoms with E-state index in [0.717, 1.165) is 11.1 Å². The molecule has 12 heavy (non-hydrogen) atoms. The van der Waals surface area contributed by atoms with Crippen LogP contribution in [0.15, 0.2) is 36.7 Å². The van der Waals surface area contributed by atoms with Crippen LogP contribution in [0, 0.1) is 5.41 Å². The van der Waals surface area contributed by atoms with Crippen molar-refractivity contribution in [1.29, 1.82) is 5.41 Å². The molecule has 0 unspecified atom stereocenters. The Morgan fingerprint density at radius 1 is 1.33 bits per heavy atom. The molecule has 3 heteroatoms. The van der Waals surface area contributed by atoms with Crippen molar-refractivity contribution >= 4 is 11.4 Å². The molecule has 2 aromatic heterocycles. The van der Waals surface area contributed by atoms with Crippen LogP contribution in [0.5, 0.6) is 0 Å². The van der Waals surface area contributed by atoms with Crippen LogP contribution in [0.25, 0.3) is 5.52 Å². The highest BCUT2D eigenvalue weighted by Gasteiger charge is 1.96. The molecule has 0 aromatic carbocycles. The Labute approximate surface area is 69.9 Å². The number of pyridine rings is 1. The lowest BCUT2D eigenvalue weighted by molar-refractivity contribution is 1.19. The largest absolute Gasteiger partial charge is 0.384 e. The molecular formula is C9H9N3. The highest BCUT2D eigenvalue weighted by Crippen LogP contribution is 2.06. The third-order valence-corrected chi connectivity index (χ3v) is 1.83. The molecule has 60 valence electrons. The van der Waals surface area contributed by atoms with Crippen LogP contribution >= 0.6 is 0 Å². The van der Waals surface area contributed by atoms with Crippen LogP contribution in [-0.4, -0.2) is 10.2 Å². The number of nitrogens with one attached hydrogen (secondary N) is 1. The van der Waals surface area contributed by atoms with E-state index in [1.807, 2.05) is 41.1 Å². The first kappa shape index (κ1) is 6.91. The van der Waals surface area contributed by atoms with Crippen molar-refractivity contribution in [3.63, 3.8) is 0 Å². The number of rotatable bonds is 1. The van der Waals surface area contributed by atoms with E-state index in [2.05, 4.69) is 0 Å². The molecule has 0 radical (unpaired) electrons. The summed E-state index contributed by atoms with van der Waals surface area (Å²) in [6.45, 7) is 0. The van der Waals surface area contributed by atoms with Gasteiger partial charge in [0, 0.05) is 23.5 Å². The molecule has 0 fully saturated rings. The van der Waals surface area contributed by atoms with Crippen LogP contribution in [0.3, 0.4) is 0 Å². The summed E-state index contributed by atoms with van der Waals surface area (Å²) >= 11 is 0. The SMILES string of the molecule is N=C(N)c1ccc2cccn2c1. The van der Waals surface area contributed by atoms with Crippen molar-refractivity contribution < 1.29 is 0 Å². The average molecular weight is 159 g/mol. The summed E-state index contributed by atoms with van der Waals surface area (Å²) in [5.74, 6) is 0.102. The summed E-state index contributed by atoms with van der Waals surface area (Å²) in [6, 6.07) is 7.75. The highest BCUT2D eigenvalue weighted by atomic mass is 14.9. The van der Waals surface area contributed by atoms with Crippen molar-refractivity contribution in [2.24, 2.45) is 5.73 Å². The Morgan fingerprint density at radius 2 is 2.17 bits per heavy atom. The number of fused-ring (bicyclic) bond motifs is 1. The zero-order chi connectivity index (χ0) is 8.55. The fourth-order valence-corrected chi connectivity index (χ4v) is 1.19. The molecule has 0 bridgehead atoms. The molecule has 0 aliphatic rings. The lowest BCUT2D eigenvalue weighted by atomic mass is 10.2. The minimum absolute atomic E-state index is 0.102. The van der Waals surface area contributed by atoms with Crippen LogP contribution < -0.4 is 5.73 Å². The molecule has 0 amide bonds. The molecule has 0 spiro atoms. The zero-order valence-corrected chi connectivity index (χ0v) is 6.49. The van der Waals surface area contributed by atoms with Gasteiger partial charge in [-0.15, -0.1) is 0 Å². The van der Waals surface area contributed by atoms with Gasteiger partial charge < -0.3 is 10.1 Å². The monoisotopic (exact) mass is 159 g/mol. The average Bonchev–Trinajstić information content (AvgIpc) is 2.49. The molecule has 3 N–H and O–H groups in total. The summed E-state index contributed by atoms with van der Waals surface area (Å²) in [7, 11) is 0. The molecular weight excluding hydrogens is 150 g/mol. The first-order valence-corrected chi connectivity index (χ1v) is 3.68. The molecule has 0 atom stereocenters. The topological polar surface area (TPSA) is 54.3 Å². The van der Waals surface area contributed by atoms with E-state index in [1.54, 1.807) is 0 Å². The summed E-state index contributed by atoms with van der Waals surface area (Å²) in [5.41, 5.74) is 7.20. The molecule has 2 heterocycles. The van der Waals surface area contributed by atoms with Gasteiger partial charge in [-0.1, -0.05) is 0 Å².